The van der Waals surface area contributed by atoms with Crippen molar-refractivity contribution in [1.29, 1.82) is 0 Å². The fourth-order valence-electron chi connectivity index (χ4n) is 2.02. The molecule has 7 heteroatoms. The van der Waals surface area contributed by atoms with Gasteiger partial charge in [0.25, 0.3) is 5.91 Å². The molecule has 0 saturated heterocycles. The number of aromatic nitrogens is 1. The molecular weight excluding hydrogens is 322 g/mol. The number of carbonyl (C=O) groups excluding carboxylic acids is 1. The summed E-state index contributed by atoms with van der Waals surface area (Å²) in [6, 6.07) is 7.69. The summed E-state index contributed by atoms with van der Waals surface area (Å²) < 4.78 is 0. The second-order valence-electron chi connectivity index (χ2n) is 5.13. The van der Waals surface area contributed by atoms with Crippen LogP contribution in [0.2, 0.25) is 0 Å². The smallest absolute Gasteiger partial charge is 0.252 e. The number of aryl methyl sites for hydroxylation is 1. The molecule has 2 rings (SSSR count). The second kappa shape index (κ2) is 9.67. The van der Waals surface area contributed by atoms with Gasteiger partial charge in [0.15, 0.2) is 5.96 Å². The van der Waals surface area contributed by atoms with Gasteiger partial charge in [0, 0.05) is 41.8 Å². The van der Waals surface area contributed by atoms with E-state index in [1.807, 2.05) is 6.92 Å². The summed E-state index contributed by atoms with van der Waals surface area (Å²) in [6.45, 7) is 6.66. The Bertz CT molecular complexity index is 669. The number of nitrogens with zero attached hydrogens (tertiary/aromatic N) is 2. The molecule has 0 bridgehead atoms. The van der Waals surface area contributed by atoms with Gasteiger partial charge >= 0.3 is 0 Å². The van der Waals surface area contributed by atoms with Crippen LogP contribution in [0.5, 0.6) is 0 Å². The Balaban J connectivity index is 1.75. The Hall–Kier alpha value is -2.41. The van der Waals surface area contributed by atoms with E-state index in [0.717, 1.165) is 12.5 Å². The molecule has 1 amide bonds. The highest BCUT2D eigenvalue weighted by atomic mass is 32.1. The minimum atomic E-state index is -0.124. The van der Waals surface area contributed by atoms with Crippen molar-refractivity contribution >= 4 is 23.2 Å². The number of carbonyl (C=O) groups is 1. The summed E-state index contributed by atoms with van der Waals surface area (Å²) in [5.41, 5.74) is 0.561. The average Bonchev–Trinajstić information content (AvgIpc) is 3.02. The van der Waals surface area contributed by atoms with Crippen LogP contribution in [0, 0.1) is 6.92 Å². The molecule has 0 aliphatic heterocycles. The van der Waals surface area contributed by atoms with Gasteiger partial charge in [-0.15, -0.1) is 11.3 Å². The fraction of sp³-hybridized carbons (Fsp3) is 0.353. The normalized spacial score (nSPS) is 11.2. The van der Waals surface area contributed by atoms with Crippen molar-refractivity contribution < 1.29 is 4.79 Å². The van der Waals surface area contributed by atoms with E-state index in [9.17, 15) is 4.79 Å². The monoisotopic (exact) mass is 345 g/mol. The molecule has 0 radical (unpaired) electrons. The maximum absolute atomic E-state index is 11.9. The third-order valence-electron chi connectivity index (χ3n) is 3.16. The van der Waals surface area contributed by atoms with Crippen molar-refractivity contribution in [2.24, 2.45) is 4.99 Å². The zero-order valence-electron chi connectivity index (χ0n) is 14.0. The van der Waals surface area contributed by atoms with Gasteiger partial charge in [-0.25, -0.2) is 4.99 Å². The number of thiophene rings is 1. The van der Waals surface area contributed by atoms with Gasteiger partial charge in [-0.2, -0.15) is 0 Å². The van der Waals surface area contributed by atoms with Crippen LogP contribution >= 0.6 is 11.3 Å². The van der Waals surface area contributed by atoms with Gasteiger partial charge < -0.3 is 16.0 Å². The highest BCUT2D eigenvalue weighted by molar-refractivity contribution is 7.11. The summed E-state index contributed by atoms with van der Waals surface area (Å²) in [5, 5.41) is 9.27. The zero-order valence-corrected chi connectivity index (χ0v) is 14.8. The quantitative estimate of drug-likeness (QED) is 0.407. The third kappa shape index (κ3) is 6.00. The van der Waals surface area contributed by atoms with Gasteiger partial charge in [-0.3, -0.25) is 9.78 Å². The van der Waals surface area contributed by atoms with E-state index < -0.39 is 0 Å². The van der Waals surface area contributed by atoms with Crippen molar-refractivity contribution in [2.45, 2.75) is 20.4 Å². The fourth-order valence-corrected chi connectivity index (χ4v) is 2.84. The topological polar surface area (TPSA) is 78.4 Å². The Morgan fingerprint density at radius 2 is 2.04 bits per heavy atom. The molecular formula is C17H23N5OS. The molecule has 0 unspecified atom stereocenters. The molecule has 2 heterocycles. The van der Waals surface area contributed by atoms with Gasteiger partial charge in [0.1, 0.15) is 0 Å². The molecule has 2 aromatic heterocycles. The van der Waals surface area contributed by atoms with Gasteiger partial charge in [-0.1, -0.05) is 0 Å². The molecule has 24 heavy (non-hydrogen) atoms. The molecule has 0 spiro atoms. The number of hydrogen-bond acceptors (Lipinski definition) is 4. The maximum Gasteiger partial charge on any atom is 0.252 e. The van der Waals surface area contributed by atoms with Crippen LogP contribution < -0.4 is 16.0 Å². The number of amides is 1. The molecule has 0 atom stereocenters. The number of hydrogen-bond donors (Lipinski definition) is 3. The van der Waals surface area contributed by atoms with E-state index in [4.69, 9.17) is 0 Å². The van der Waals surface area contributed by atoms with Crippen molar-refractivity contribution in [2.75, 3.05) is 19.6 Å². The first-order valence-corrected chi connectivity index (χ1v) is 8.76. The first kappa shape index (κ1) is 17.9. The Labute approximate surface area is 146 Å². The Kier molecular flexibility index (Phi) is 7.22. The first-order chi connectivity index (χ1) is 11.7. The lowest BCUT2D eigenvalue weighted by atomic mass is 10.3. The summed E-state index contributed by atoms with van der Waals surface area (Å²) in [4.78, 5) is 22.9. The van der Waals surface area contributed by atoms with E-state index in [-0.39, 0.29) is 5.91 Å². The zero-order chi connectivity index (χ0) is 17.2. The number of guanidine groups is 1. The molecule has 0 aromatic carbocycles. The van der Waals surface area contributed by atoms with Gasteiger partial charge in [0.2, 0.25) is 0 Å². The summed E-state index contributed by atoms with van der Waals surface area (Å²) in [7, 11) is 0. The highest BCUT2D eigenvalue weighted by Crippen LogP contribution is 2.15. The van der Waals surface area contributed by atoms with Gasteiger partial charge in [0.05, 0.1) is 12.1 Å². The highest BCUT2D eigenvalue weighted by Gasteiger charge is 2.04. The minimum absolute atomic E-state index is 0.124. The van der Waals surface area contributed by atoms with E-state index in [2.05, 4.69) is 45.0 Å². The molecule has 2 aromatic rings. The molecule has 6 nitrogen and oxygen atoms in total. The van der Waals surface area contributed by atoms with Crippen molar-refractivity contribution in [1.82, 2.24) is 20.9 Å². The van der Waals surface area contributed by atoms with Gasteiger partial charge in [-0.05, 0) is 38.1 Å². The predicted octanol–water partition coefficient (Wildman–Crippen LogP) is 1.94. The molecule has 3 N–H and O–H groups in total. The summed E-state index contributed by atoms with van der Waals surface area (Å²) in [6.07, 6.45) is 3.20. The van der Waals surface area contributed by atoms with Crippen LogP contribution in [-0.2, 0) is 6.54 Å². The largest absolute Gasteiger partial charge is 0.357 e. The first-order valence-electron chi connectivity index (χ1n) is 7.94. The van der Waals surface area contributed by atoms with E-state index in [1.54, 1.807) is 35.9 Å². The molecule has 0 saturated carbocycles. The molecule has 0 aliphatic rings. The lowest BCUT2D eigenvalue weighted by Crippen LogP contribution is -2.41. The Morgan fingerprint density at radius 1 is 1.21 bits per heavy atom. The van der Waals surface area contributed by atoms with Crippen LogP contribution in [0.4, 0.5) is 0 Å². The van der Waals surface area contributed by atoms with Crippen LogP contribution in [0.1, 0.15) is 27.0 Å². The van der Waals surface area contributed by atoms with Crippen LogP contribution in [0.15, 0.2) is 41.7 Å². The minimum Gasteiger partial charge on any atom is -0.357 e. The lowest BCUT2D eigenvalue weighted by Gasteiger charge is -2.11. The van der Waals surface area contributed by atoms with E-state index in [1.165, 1.54) is 9.75 Å². The van der Waals surface area contributed by atoms with Crippen molar-refractivity contribution in [3.05, 3.63) is 52.0 Å². The van der Waals surface area contributed by atoms with Crippen molar-refractivity contribution in [3.63, 3.8) is 0 Å². The molecule has 128 valence electrons. The summed E-state index contributed by atoms with van der Waals surface area (Å²) >= 11 is 1.75. The van der Waals surface area contributed by atoms with Crippen LogP contribution in [0.3, 0.4) is 0 Å². The van der Waals surface area contributed by atoms with Crippen LogP contribution in [-0.4, -0.2) is 36.5 Å². The number of pyridine rings is 1. The summed E-state index contributed by atoms with van der Waals surface area (Å²) in [5.74, 6) is 0.625. The van der Waals surface area contributed by atoms with Crippen molar-refractivity contribution in [3.8, 4) is 0 Å². The lowest BCUT2D eigenvalue weighted by molar-refractivity contribution is 0.0954. The van der Waals surface area contributed by atoms with E-state index >= 15 is 0 Å². The maximum atomic E-state index is 11.9. The number of aliphatic imine (C=N–C) groups is 1. The number of rotatable bonds is 7. The predicted molar refractivity (Wildman–Crippen MR) is 98.4 cm³/mol. The molecule has 0 fully saturated rings. The van der Waals surface area contributed by atoms with Crippen LogP contribution in [0.25, 0.3) is 0 Å². The number of nitrogens with one attached hydrogen (secondary N) is 3. The van der Waals surface area contributed by atoms with E-state index in [0.29, 0.717) is 25.2 Å². The third-order valence-corrected chi connectivity index (χ3v) is 4.15. The Morgan fingerprint density at radius 3 is 2.71 bits per heavy atom. The second-order valence-corrected chi connectivity index (χ2v) is 6.50. The standard InChI is InChI=1S/C17H23N5OS/c1-3-19-17(22-12-15-7-6-13(2)24-15)21-10-9-20-16(23)14-5-4-8-18-11-14/h4-8,11H,3,9-10,12H2,1-2H3,(H,20,23)(H2,19,21,22). The average molecular weight is 345 g/mol. The molecule has 0 aliphatic carbocycles. The SMILES string of the molecule is CCNC(=NCc1ccc(C)s1)NCCNC(=O)c1cccnc1.